The normalized spacial score (nSPS) is 10.9. The van der Waals surface area contributed by atoms with Gasteiger partial charge in [-0.1, -0.05) is 17.3 Å². The predicted octanol–water partition coefficient (Wildman–Crippen LogP) is -0.353. The molecule has 0 aliphatic rings. The highest BCUT2D eigenvalue weighted by Crippen LogP contribution is 2.04. The topological polar surface area (TPSA) is 117 Å². The molecule has 0 spiro atoms. The maximum atomic E-state index is 11.7. The number of benzene rings is 1. The Morgan fingerprint density at radius 2 is 1.68 bits per heavy atom. The first-order valence-electron chi connectivity index (χ1n) is 5.65. The number of amidine groups is 1. The highest BCUT2D eigenvalue weighted by Gasteiger charge is 2.06. The first kappa shape index (κ1) is 14.5. The molecule has 0 saturated heterocycles. The number of hydrogen-bond acceptors (Lipinski definition) is 4. The number of oxime groups is 1. The lowest BCUT2D eigenvalue weighted by atomic mass is 10.1. The van der Waals surface area contributed by atoms with Crippen LogP contribution in [0.15, 0.2) is 29.4 Å². The standard InChI is InChI=1S/C12H16N4O3/c1-8(17)14-6-7-15-12(18)10-4-2-9(3-5-10)11(13)16-19/h2-5,19H,6-7H2,1H3,(H2,13,16)(H,14,17)(H,15,18). The Morgan fingerprint density at radius 1 is 1.16 bits per heavy atom. The van der Waals surface area contributed by atoms with Crippen LogP contribution in [0.4, 0.5) is 0 Å². The second kappa shape index (κ2) is 7.00. The van der Waals surface area contributed by atoms with Crippen LogP contribution in [0.3, 0.4) is 0 Å². The Balaban J connectivity index is 2.51. The molecule has 0 heterocycles. The van der Waals surface area contributed by atoms with Crippen LogP contribution in [0.1, 0.15) is 22.8 Å². The number of amides is 2. The minimum absolute atomic E-state index is 0.0161. The summed E-state index contributed by atoms with van der Waals surface area (Å²) in [5, 5.41) is 16.6. The van der Waals surface area contributed by atoms with Gasteiger partial charge in [0.15, 0.2) is 5.84 Å². The number of nitrogens with zero attached hydrogens (tertiary/aromatic N) is 1. The maximum absolute atomic E-state index is 11.7. The molecule has 7 nitrogen and oxygen atoms in total. The van der Waals surface area contributed by atoms with Crippen LogP contribution in [0.5, 0.6) is 0 Å². The molecule has 0 aliphatic heterocycles. The predicted molar refractivity (Wildman–Crippen MR) is 70.0 cm³/mol. The zero-order valence-corrected chi connectivity index (χ0v) is 10.5. The third kappa shape index (κ3) is 4.66. The van der Waals surface area contributed by atoms with E-state index in [2.05, 4.69) is 15.8 Å². The largest absolute Gasteiger partial charge is 0.409 e. The van der Waals surface area contributed by atoms with E-state index in [4.69, 9.17) is 10.9 Å². The molecule has 0 radical (unpaired) electrons. The number of carbonyl (C=O) groups excluding carboxylic acids is 2. The van der Waals surface area contributed by atoms with E-state index in [9.17, 15) is 9.59 Å². The molecule has 5 N–H and O–H groups in total. The molecule has 0 bridgehead atoms. The van der Waals surface area contributed by atoms with Gasteiger partial charge in [0, 0.05) is 31.1 Å². The van der Waals surface area contributed by atoms with Gasteiger partial charge in [0.2, 0.25) is 5.91 Å². The summed E-state index contributed by atoms with van der Waals surface area (Å²) < 4.78 is 0. The van der Waals surface area contributed by atoms with Crippen LogP contribution in [-0.2, 0) is 4.79 Å². The molecule has 0 saturated carbocycles. The second-order valence-corrected chi connectivity index (χ2v) is 3.80. The Morgan fingerprint density at radius 3 is 2.21 bits per heavy atom. The van der Waals surface area contributed by atoms with Crippen LogP contribution in [0.2, 0.25) is 0 Å². The van der Waals surface area contributed by atoms with E-state index in [1.54, 1.807) is 24.3 Å². The van der Waals surface area contributed by atoms with Crippen molar-refractivity contribution in [2.75, 3.05) is 13.1 Å². The molecule has 0 aliphatic carbocycles. The number of rotatable bonds is 5. The number of carbonyl (C=O) groups is 2. The van der Waals surface area contributed by atoms with E-state index in [-0.39, 0.29) is 17.6 Å². The second-order valence-electron chi connectivity index (χ2n) is 3.80. The van der Waals surface area contributed by atoms with Crippen LogP contribution in [0.25, 0.3) is 0 Å². The lowest BCUT2D eigenvalue weighted by Gasteiger charge is -2.06. The van der Waals surface area contributed by atoms with E-state index < -0.39 is 0 Å². The van der Waals surface area contributed by atoms with Gasteiger partial charge in [-0.3, -0.25) is 9.59 Å². The summed E-state index contributed by atoms with van der Waals surface area (Å²) in [5.41, 5.74) is 6.39. The highest BCUT2D eigenvalue weighted by atomic mass is 16.4. The first-order valence-corrected chi connectivity index (χ1v) is 5.65. The summed E-state index contributed by atoms with van der Waals surface area (Å²) in [7, 11) is 0. The van der Waals surface area contributed by atoms with Gasteiger partial charge >= 0.3 is 0 Å². The highest BCUT2D eigenvalue weighted by molar-refractivity contribution is 5.99. The van der Waals surface area contributed by atoms with Crippen molar-refractivity contribution in [1.82, 2.24) is 10.6 Å². The van der Waals surface area contributed by atoms with E-state index in [1.165, 1.54) is 6.92 Å². The Kier molecular flexibility index (Phi) is 5.34. The van der Waals surface area contributed by atoms with Crippen LogP contribution >= 0.6 is 0 Å². The van der Waals surface area contributed by atoms with Gasteiger partial charge in [0.25, 0.3) is 5.91 Å². The summed E-state index contributed by atoms with van der Waals surface area (Å²) in [6.07, 6.45) is 0. The van der Waals surface area contributed by atoms with Crippen LogP contribution in [-0.4, -0.2) is 35.9 Å². The molecule has 0 atom stereocenters. The van der Waals surface area contributed by atoms with Gasteiger partial charge in [0.05, 0.1) is 0 Å². The van der Waals surface area contributed by atoms with E-state index in [1.807, 2.05) is 0 Å². The average molecular weight is 264 g/mol. The third-order valence-electron chi connectivity index (χ3n) is 2.34. The molecular weight excluding hydrogens is 248 g/mol. The minimum Gasteiger partial charge on any atom is -0.409 e. The minimum atomic E-state index is -0.253. The number of nitrogens with one attached hydrogen (secondary N) is 2. The Hall–Kier alpha value is -2.57. The zero-order valence-electron chi connectivity index (χ0n) is 10.5. The van der Waals surface area contributed by atoms with Crippen molar-refractivity contribution in [3.8, 4) is 0 Å². The summed E-state index contributed by atoms with van der Waals surface area (Å²) >= 11 is 0. The fraction of sp³-hybridized carbons (Fsp3) is 0.250. The average Bonchev–Trinajstić information content (AvgIpc) is 2.42. The molecule has 1 aromatic rings. The Bertz CT molecular complexity index is 482. The number of nitrogens with two attached hydrogens (primary N) is 1. The van der Waals surface area contributed by atoms with E-state index in [0.717, 1.165) is 0 Å². The first-order chi connectivity index (χ1) is 9.04. The molecule has 19 heavy (non-hydrogen) atoms. The summed E-state index contributed by atoms with van der Waals surface area (Å²) in [6.45, 7) is 2.14. The van der Waals surface area contributed by atoms with Crippen molar-refractivity contribution < 1.29 is 14.8 Å². The zero-order chi connectivity index (χ0) is 14.3. The van der Waals surface area contributed by atoms with Crippen molar-refractivity contribution in [1.29, 1.82) is 0 Å². The van der Waals surface area contributed by atoms with Crippen molar-refractivity contribution >= 4 is 17.6 Å². The van der Waals surface area contributed by atoms with E-state index >= 15 is 0 Å². The molecule has 1 rings (SSSR count). The van der Waals surface area contributed by atoms with Gasteiger partial charge in [-0.25, -0.2) is 0 Å². The SMILES string of the molecule is CC(=O)NCCNC(=O)c1ccc(/C(N)=N/O)cc1. The van der Waals surface area contributed by atoms with Crippen molar-refractivity contribution in [2.45, 2.75) is 6.92 Å². The van der Waals surface area contributed by atoms with Gasteiger partial charge in [-0.05, 0) is 12.1 Å². The van der Waals surface area contributed by atoms with Gasteiger partial charge in [-0.2, -0.15) is 0 Å². The molecule has 1 aromatic carbocycles. The lowest BCUT2D eigenvalue weighted by molar-refractivity contribution is -0.118. The third-order valence-corrected chi connectivity index (χ3v) is 2.34. The number of hydrogen-bond donors (Lipinski definition) is 4. The van der Waals surface area contributed by atoms with Crippen molar-refractivity contribution in [3.05, 3.63) is 35.4 Å². The molecule has 102 valence electrons. The van der Waals surface area contributed by atoms with Crippen molar-refractivity contribution in [2.24, 2.45) is 10.9 Å². The Labute approximate surface area is 110 Å². The van der Waals surface area contributed by atoms with Gasteiger partial charge < -0.3 is 21.6 Å². The maximum Gasteiger partial charge on any atom is 0.251 e. The van der Waals surface area contributed by atoms with E-state index in [0.29, 0.717) is 24.2 Å². The molecule has 0 fully saturated rings. The molecule has 2 amide bonds. The summed E-state index contributed by atoms with van der Waals surface area (Å²) in [4.78, 5) is 22.3. The molecule has 0 aromatic heterocycles. The molecular formula is C12H16N4O3. The molecule has 7 heteroatoms. The fourth-order valence-corrected chi connectivity index (χ4v) is 1.37. The van der Waals surface area contributed by atoms with Gasteiger partial charge in [0.1, 0.15) is 0 Å². The smallest absolute Gasteiger partial charge is 0.251 e. The van der Waals surface area contributed by atoms with Crippen LogP contribution in [0, 0.1) is 0 Å². The summed E-state index contributed by atoms with van der Waals surface area (Å²) in [5.74, 6) is -0.411. The molecule has 0 unspecified atom stereocenters. The fourth-order valence-electron chi connectivity index (χ4n) is 1.37. The lowest BCUT2D eigenvalue weighted by Crippen LogP contribution is -2.33. The van der Waals surface area contributed by atoms with Crippen LogP contribution < -0.4 is 16.4 Å². The quantitative estimate of drug-likeness (QED) is 0.191. The van der Waals surface area contributed by atoms with Crippen molar-refractivity contribution in [3.63, 3.8) is 0 Å². The van der Waals surface area contributed by atoms with Gasteiger partial charge in [-0.15, -0.1) is 0 Å². The monoisotopic (exact) mass is 264 g/mol. The summed E-state index contributed by atoms with van der Waals surface area (Å²) in [6, 6.07) is 6.30.